The van der Waals surface area contributed by atoms with E-state index in [0.29, 0.717) is 44.6 Å². The predicted molar refractivity (Wildman–Crippen MR) is 143 cm³/mol. The number of hydrogen-bond donors (Lipinski definition) is 2. The number of halogens is 1. The molecule has 1 aliphatic rings. The molecule has 1 saturated heterocycles. The number of nitrogens with two attached hydrogens (primary N) is 1. The second-order valence-electron chi connectivity index (χ2n) is 10.6. The highest BCUT2D eigenvalue weighted by molar-refractivity contribution is 5.97. The zero-order chi connectivity index (χ0) is 28.3. The summed E-state index contributed by atoms with van der Waals surface area (Å²) < 4.78 is 18.7. The molecule has 9 heteroatoms. The molecule has 0 unspecified atom stereocenters. The number of carbonyl (C=O) groups excluding carboxylic acids is 4. The Hall–Kier alpha value is -3.23. The fourth-order valence-electron chi connectivity index (χ4n) is 4.92. The second-order valence-corrected chi connectivity index (χ2v) is 10.6. The first-order chi connectivity index (χ1) is 18.0. The van der Waals surface area contributed by atoms with Crippen molar-refractivity contribution in [3.8, 4) is 0 Å². The monoisotopic (exact) mass is 531 g/mol. The van der Waals surface area contributed by atoms with Crippen LogP contribution in [-0.2, 0) is 30.5 Å². The first-order valence-electron chi connectivity index (χ1n) is 13.3. The number of nitrogens with one attached hydrogen (secondary N) is 1. The molecule has 0 radical (unpaired) electrons. The third-order valence-corrected chi connectivity index (χ3v) is 7.36. The molecule has 0 spiro atoms. The van der Waals surface area contributed by atoms with Crippen molar-refractivity contribution in [3.05, 3.63) is 48.3 Å². The molecule has 3 N–H and O–H groups in total. The highest BCUT2D eigenvalue weighted by Crippen LogP contribution is 2.35. The molecule has 0 aliphatic carbocycles. The minimum atomic E-state index is -1.14. The van der Waals surface area contributed by atoms with Gasteiger partial charge in [0.1, 0.15) is 13.3 Å². The molecule has 1 aromatic rings. The molecule has 210 valence electrons. The van der Waals surface area contributed by atoms with Gasteiger partial charge < -0.3 is 20.7 Å². The van der Waals surface area contributed by atoms with Gasteiger partial charge in [0, 0.05) is 25.4 Å². The first-order valence-corrected chi connectivity index (χ1v) is 13.3. The lowest BCUT2D eigenvalue weighted by atomic mass is 9.82. The molecule has 0 aromatic heterocycles. The summed E-state index contributed by atoms with van der Waals surface area (Å²) in [6, 6.07) is 9.29. The minimum Gasteiger partial charge on any atom is -0.461 e. The van der Waals surface area contributed by atoms with Gasteiger partial charge in [-0.15, -0.1) is 0 Å². The molecule has 1 fully saturated rings. The number of Topliss-reactive ketones (excluding diaryl/α,β-unsaturated/α-hetero) is 2. The SMILES string of the molecule is C=C(N)NCCC[C@H](CC(=O)[C@]1(C)CCCN1C(=O)[C@@H](CC(=O)OCc1ccccc1)C(C)C)C(=O)CF. The Morgan fingerprint density at radius 3 is 2.47 bits per heavy atom. The number of alkyl halides is 1. The molecule has 2 rings (SSSR count). The molecule has 1 amide bonds. The Balaban J connectivity index is 2.08. The molecule has 3 atom stereocenters. The number of rotatable bonds is 16. The Morgan fingerprint density at radius 2 is 1.87 bits per heavy atom. The van der Waals surface area contributed by atoms with Crippen molar-refractivity contribution in [3.63, 3.8) is 0 Å². The van der Waals surface area contributed by atoms with Crippen molar-refractivity contribution < 1.29 is 28.3 Å². The van der Waals surface area contributed by atoms with Gasteiger partial charge in [-0.3, -0.25) is 19.2 Å². The number of hydrogen-bond acceptors (Lipinski definition) is 7. The van der Waals surface area contributed by atoms with E-state index in [2.05, 4.69) is 11.9 Å². The topological polar surface area (TPSA) is 119 Å². The van der Waals surface area contributed by atoms with E-state index in [-0.39, 0.29) is 37.1 Å². The minimum absolute atomic E-state index is 0.0908. The van der Waals surface area contributed by atoms with Crippen LogP contribution in [0, 0.1) is 17.8 Å². The molecule has 0 bridgehead atoms. The predicted octanol–water partition coefficient (Wildman–Crippen LogP) is 3.69. The van der Waals surface area contributed by atoms with Gasteiger partial charge >= 0.3 is 5.97 Å². The van der Waals surface area contributed by atoms with E-state index in [1.807, 2.05) is 44.2 Å². The summed E-state index contributed by atoms with van der Waals surface area (Å²) in [5.74, 6) is -2.92. The fourth-order valence-corrected chi connectivity index (χ4v) is 4.92. The van der Waals surface area contributed by atoms with Crippen LogP contribution in [0.5, 0.6) is 0 Å². The highest BCUT2D eigenvalue weighted by atomic mass is 19.1. The molecule has 0 saturated carbocycles. The van der Waals surface area contributed by atoms with E-state index in [1.54, 1.807) is 11.8 Å². The Morgan fingerprint density at radius 1 is 1.18 bits per heavy atom. The second kappa shape index (κ2) is 14.6. The number of amides is 1. The summed E-state index contributed by atoms with van der Waals surface area (Å²) in [7, 11) is 0. The maximum atomic E-state index is 13.7. The summed E-state index contributed by atoms with van der Waals surface area (Å²) in [5, 5.41) is 2.86. The first kappa shape index (κ1) is 31.0. The van der Waals surface area contributed by atoms with Gasteiger partial charge in [-0.05, 0) is 44.1 Å². The summed E-state index contributed by atoms with van der Waals surface area (Å²) >= 11 is 0. The third-order valence-electron chi connectivity index (χ3n) is 7.36. The zero-order valence-electron chi connectivity index (χ0n) is 22.8. The Bertz CT molecular complexity index is 984. The van der Waals surface area contributed by atoms with Crippen molar-refractivity contribution in [1.82, 2.24) is 10.2 Å². The summed E-state index contributed by atoms with van der Waals surface area (Å²) in [4.78, 5) is 53.6. The van der Waals surface area contributed by atoms with Crippen LogP contribution in [0.25, 0.3) is 0 Å². The summed E-state index contributed by atoms with van der Waals surface area (Å²) in [6.45, 7) is 8.80. The van der Waals surface area contributed by atoms with Gasteiger partial charge in [0.05, 0.1) is 23.7 Å². The van der Waals surface area contributed by atoms with Crippen LogP contribution >= 0.6 is 0 Å². The molecule has 8 nitrogen and oxygen atoms in total. The maximum Gasteiger partial charge on any atom is 0.306 e. The number of likely N-dealkylation sites (tertiary alicyclic amines) is 1. The number of nitrogens with zero attached hydrogens (tertiary/aromatic N) is 1. The van der Waals surface area contributed by atoms with E-state index in [9.17, 15) is 23.6 Å². The molecule has 38 heavy (non-hydrogen) atoms. The number of carbonyl (C=O) groups is 4. The van der Waals surface area contributed by atoms with E-state index >= 15 is 0 Å². The largest absolute Gasteiger partial charge is 0.461 e. The van der Waals surface area contributed by atoms with Crippen molar-refractivity contribution in [2.24, 2.45) is 23.5 Å². The summed E-state index contributed by atoms with van der Waals surface area (Å²) in [5.41, 5.74) is 5.23. The lowest BCUT2D eigenvalue weighted by molar-refractivity contribution is -0.154. The van der Waals surface area contributed by atoms with Crippen molar-refractivity contribution >= 4 is 23.4 Å². The van der Waals surface area contributed by atoms with Gasteiger partial charge in [-0.2, -0.15) is 0 Å². The van der Waals surface area contributed by atoms with Crippen LogP contribution in [0.1, 0.15) is 64.9 Å². The summed E-state index contributed by atoms with van der Waals surface area (Å²) in [6.07, 6.45) is 1.68. The molecular weight excluding hydrogens is 489 g/mol. The number of ether oxygens (including phenoxy) is 1. The lowest BCUT2D eigenvalue weighted by Crippen LogP contribution is -2.54. The lowest BCUT2D eigenvalue weighted by Gasteiger charge is -2.37. The maximum absolute atomic E-state index is 13.7. The number of ketones is 2. The van der Waals surface area contributed by atoms with Crippen LogP contribution < -0.4 is 11.1 Å². The van der Waals surface area contributed by atoms with E-state index in [0.717, 1.165) is 5.56 Å². The number of esters is 1. The van der Waals surface area contributed by atoms with Crippen LogP contribution in [-0.4, -0.2) is 53.6 Å². The van der Waals surface area contributed by atoms with Gasteiger partial charge in [-0.1, -0.05) is 50.8 Å². The average Bonchev–Trinajstić information content (AvgIpc) is 3.29. The van der Waals surface area contributed by atoms with Crippen LogP contribution in [0.2, 0.25) is 0 Å². The van der Waals surface area contributed by atoms with Gasteiger partial charge in [0.2, 0.25) is 5.91 Å². The van der Waals surface area contributed by atoms with E-state index in [1.165, 1.54) is 0 Å². The fraction of sp³-hybridized carbons (Fsp3) is 0.586. The van der Waals surface area contributed by atoms with Crippen molar-refractivity contribution in [2.45, 2.75) is 71.4 Å². The smallest absolute Gasteiger partial charge is 0.306 e. The quantitative estimate of drug-likeness (QED) is 0.247. The van der Waals surface area contributed by atoms with Crippen molar-refractivity contribution in [2.75, 3.05) is 19.8 Å². The zero-order valence-corrected chi connectivity index (χ0v) is 22.8. The van der Waals surface area contributed by atoms with Gasteiger partial charge in [0.25, 0.3) is 0 Å². The molecular formula is C29H42FN3O5. The van der Waals surface area contributed by atoms with Crippen LogP contribution in [0.3, 0.4) is 0 Å². The van der Waals surface area contributed by atoms with Gasteiger partial charge in [0.15, 0.2) is 11.6 Å². The van der Waals surface area contributed by atoms with E-state index < -0.39 is 35.8 Å². The van der Waals surface area contributed by atoms with E-state index in [4.69, 9.17) is 10.5 Å². The number of benzene rings is 1. The normalized spacial score (nSPS) is 18.6. The van der Waals surface area contributed by atoms with Gasteiger partial charge in [-0.25, -0.2) is 4.39 Å². The third kappa shape index (κ3) is 8.67. The van der Waals surface area contributed by atoms with Crippen LogP contribution in [0.4, 0.5) is 4.39 Å². The standard InChI is InChI=1S/C29H42FN3O5/c1-20(2)24(17-27(36)38-19-22-10-6-5-7-11-22)28(37)33-15-9-13-29(33,4)26(35)16-23(25(34)18-30)12-8-14-32-21(3)31/h5-7,10-11,20,23-24,32H,3,8-9,12-19,31H2,1-2,4H3/t23-,24+,29+/m1/s1. The average molecular weight is 532 g/mol. The Labute approximate surface area is 225 Å². The Kier molecular flexibility index (Phi) is 11.9. The highest BCUT2D eigenvalue weighted by Gasteiger charge is 2.48. The van der Waals surface area contributed by atoms with Crippen molar-refractivity contribution in [1.29, 1.82) is 0 Å². The molecule has 1 heterocycles. The molecule has 1 aliphatic heterocycles. The molecule has 1 aromatic carbocycles. The van der Waals surface area contributed by atoms with Crippen LogP contribution in [0.15, 0.2) is 42.7 Å².